The fourth-order valence-electron chi connectivity index (χ4n) is 3.41. The monoisotopic (exact) mass is 363 g/mol. The zero-order chi connectivity index (χ0) is 18.6. The number of anilines is 2. The molecule has 4 rings (SSSR count). The first kappa shape index (κ1) is 17.1. The van der Waals surface area contributed by atoms with Crippen LogP contribution in [-0.2, 0) is 0 Å². The molecule has 0 bridgehead atoms. The Morgan fingerprint density at radius 2 is 1.81 bits per heavy atom. The molecule has 6 nitrogen and oxygen atoms in total. The van der Waals surface area contributed by atoms with Crippen LogP contribution >= 0.6 is 0 Å². The molecule has 1 saturated heterocycles. The van der Waals surface area contributed by atoms with Crippen molar-refractivity contribution in [2.75, 3.05) is 23.3 Å². The topological polar surface area (TPSA) is 78.3 Å². The Morgan fingerprint density at radius 1 is 1.00 bits per heavy atom. The van der Waals surface area contributed by atoms with Gasteiger partial charge in [-0.05, 0) is 55.7 Å². The van der Waals surface area contributed by atoms with Crippen LogP contribution in [-0.4, -0.2) is 24.0 Å². The van der Waals surface area contributed by atoms with E-state index in [4.69, 9.17) is 4.42 Å². The van der Waals surface area contributed by atoms with Gasteiger partial charge in [0.1, 0.15) is 11.3 Å². The van der Waals surface area contributed by atoms with Crippen molar-refractivity contribution in [1.82, 2.24) is 4.98 Å². The quantitative estimate of drug-likeness (QED) is 0.737. The molecule has 0 atom stereocenters. The van der Waals surface area contributed by atoms with Crippen molar-refractivity contribution >= 4 is 17.3 Å². The number of carbonyl (C=O) groups is 1. The standard InChI is InChI=1S/C21H21N3O3/c25-20(15-10-11-17(23-21(15)26)19-9-6-14-27-19)22-16-7-2-3-8-18(16)24-12-4-1-5-13-24/h2-3,6-11,14H,1,4-5,12-13H2,(H,22,25)(H,23,26). The number of pyridine rings is 1. The third-order valence-corrected chi connectivity index (χ3v) is 4.79. The number of piperidine rings is 1. The lowest BCUT2D eigenvalue weighted by Crippen LogP contribution is -2.31. The number of hydrogen-bond acceptors (Lipinski definition) is 4. The lowest BCUT2D eigenvalue weighted by Gasteiger charge is -2.30. The normalized spacial score (nSPS) is 14.1. The average molecular weight is 363 g/mol. The van der Waals surface area contributed by atoms with E-state index in [1.165, 1.54) is 18.8 Å². The highest BCUT2D eigenvalue weighted by atomic mass is 16.3. The number of furan rings is 1. The molecule has 0 saturated carbocycles. The van der Waals surface area contributed by atoms with Gasteiger partial charge >= 0.3 is 0 Å². The molecule has 0 aliphatic carbocycles. The maximum absolute atomic E-state index is 12.7. The predicted octanol–water partition coefficient (Wildman–Crippen LogP) is 3.88. The molecule has 1 aliphatic heterocycles. The highest BCUT2D eigenvalue weighted by Crippen LogP contribution is 2.28. The average Bonchev–Trinajstić information content (AvgIpc) is 3.24. The van der Waals surface area contributed by atoms with Crippen molar-refractivity contribution in [3.8, 4) is 11.5 Å². The first-order valence-electron chi connectivity index (χ1n) is 9.15. The predicted molar refractivity (Wildman–Crippen MR) is 105 cm³/mol. The van der Waals surface area contributed by atoms with Crippen molar-refractivity contribution in [3.05, 3.63) is 70.7 Å². The molecule has 138 valence electrons. The molecule has 0 unspecified atom stereocenters. The summed E-state index contributed by atoms with van der Waals surface area (Å²) in [6.45, 7) is 1.95. The van der Waals surface area contributed by atoms with Crippen LogP contribution in [0.4, 0.5) is 11.4 Å². The zero-order valence-corrected chi connectivity index (χ0v) is 14.9. The van der Waals surface area contributed by atoms with Gasteiger partial charge in [-0.2, -0.15) is 0 Å². The van der Waals surface area contributed by atoms with E-state index in [-0.39, 0.29) is 5.56 Å². The maximum Gasteiger partial charge on any atom is 0.261 e. The van der Waals surface area contributed by atoms with Crippen LogP contribution in [0, 0.1) is 0 Å². The lowest BCUT2D eigenvalue weighted by molar-refractivity contribution is 0.102. The largest absolute Gasteiger partial charge is 0.463 e. The number of carbonyl (C=O) groups excluding carboxylic acids is 1. The Morgan fingerprint density at radius 3 is 2.56 bits per heavy atom. The van der Waals surface area contributed by atoms with Gasteiger partial charge in [-0.15, -0.1) is 0 Å². The van der Waals surface area contributed by atoms with Gasteiger partial charge in [0.05, 0.1) is 23.3 Å². The van der Waals surface area contributed by atoms with E-state index in [2.05, 4.69) is 15.2 Å². The summed E-state index contributed by atoms with van der Waals surface area (Å²) in [7, 11) is 0. The fraction of sp³-hybridized carbons (Fsp3) is 0.238. The van der Waals surface area contributed by atoms with Gasteiger partial charge in [-0.1, -0.05) is 12.1 Å². The van der Waals surface area contributed by atoms with Crippen LogP contribution in [0.2, 0.25) is 0 Å². The van der Waals surface area contributed by atoms with Gasteiger partial charge in [0.2, 0.25) is 0 Å². The van der Waals surface area contributed by atoms with Gasteiger partial charge in [0.25, 0.3) is 11.5 Å². The van der Waals surface area contributed by atoms with Gasteiger partial charge < -0.3 is 19.6 Å². The number of H-pyrrole nitrogens is 1. The molecule has 3 aromatic rings. The minimum atomic E-state index is -0.447. The summed E-state index contributed by atoms with van der Waals surface area (Å²) < 4.78 is 5.28. The van der Waals surface area contributed by atoms with Crippen molar-refractivity contribution in [1.29, 1.82) is 0 Å². The maximum atomic E-state index is 12.7. The SMILES string of the molecule is O=C(Nc1ccccc1N1CCCCC1)c1ccc(-c2ccco2)[nH]c1=O. The zero-order valence-electron chi connectivity index (χ0n) is 14.9. The summed E-state index contributed by atoms with van der Waals surface area (Å²) in [5, 5.41) is 2.90. The summed E-state index contributed by atoms with van der Waals surface area (Å²) >= 11 is 0. The first-order valence-corrected chi connectivity index (χ1v) is 9.15. The van der Waals surface area contributed by atoms with Crippen LogP contribution in [0.25, 0.3) is 11.5 Å². The van der Waals surface area contributed by atoms with Crippen LogP contribution < -0.4 is 15.8 Å². The molecule has 2 N–H and O–H groups in total. The van der Waals surface area contributed by atoms with Gasteiger partial charge in [-0.3, -0.25) is 9.59 Å². The van der Waals surface area contributed by atoms with Crippen LogP contribution in [0.1, 0.15) is 29.6 Å². The van der Waals surface area contributed by atoms with E-state index < -0.39 is 11.5 Å². The number of nitrogens with one attached hydrogen (secondary N) is 2. The fourth-order valence-corrected chi connectivity index (χ4v) is 3.41. The van der Waals surface area contributed by atoms with Crippen molar-refractivity contribution in [2.45, 2.75) is 19.3 Å². The summed E-state index contributed by atoms with van der Waals surface area (Å²) in [5.41, 5.74) is 1.87. The van der Waals surface area contributed by atoms with Crippen LogP contribution in [0.3, 0.4) is 0 Å². The van der Waals surface area contributed by atoms with E-state index in [1.807, 2.05) is 24.3 Å². The van der Waals surface area contributed by atoms with E-state index >= 15 is 0 Å². The molecule has 1 aliphatic rings. The lowest BCUT2D eigenvalue weighted by atomic mass is 10.1. The Kier molecular flexibility index (Phi) is 4.78. The first-order chi connectivity index (χ1) is 13.2. The summed E-state index contributed by atoms with van der Waals surface area (Å²) in [6, 6.07) is 14.4. The summed E-state index contributed by atoms with van der Waals surface area (Å²) in [4.78, 5) is 30.1. The molecule has 0 radical (unpaired) electrons. The summed E-state index contributed by atoms with van der Waals surface area (Å²) in [6.07, 6.45) is 5.07. The Hall–Kier alpha value is -3.28. The second-order valence-corrected chi connectivity index (χ2v) is 6.61. The Labute approximate surface area is 156 Å². The van der Waals surface area contributed by atoms with Crippen molar-refractivity contribution in [3.63, 3.8) is 0 Å². The van der Waals surface area contributed by atoms with E-state index in [1.54, 1.807) is 18.2 Å². The second kappa shape index (κ2) is 7.53. The number of nitrogens with zero attached hydrogens (tertiary/aromatic N) is 1. The third-order valence-electron chi connectivity index (χ3n) is 4.79. The van der Waals surface area contributed by atoms with E-state index in [9.17, 15) is 9.59 Å². The molecule has 2 aromatic heterocycles. The van der Waals surface area contributed by atoms with Crippen LogP contribution in [0.15, 0.2) is 64.0 Å². The van der Waals surface area contributed by atoms with Gasteiger partial charge in [0, 0.05) is 13.1 Å². The Bertz CT molecular complexity index is 986. The number of aromatic amines is 1. The third kappa shape index (κ3) is 3.65. The Balaban J connectivity index is 1.57. The second-order valence-electron chi connectivity index (χ2n) is 6.61. The molecule has 0 spiro atoms. The van der Waals surface area contributed by atoms with E-state index in [0.29, 0.717) is 11.5 Å². The number of aromatic nitrogens is 1. The number of hydrogen-bond donors (Lipinski definition) is 2. The molecule has 1 aromatic carbocycles. The van der Waals surface area contributed by atoms with Gasteiger partial charge in [0.15, 0.2) is 0 Å². The van der Waals surface area contributed by atoms with Crippen molar-refractivity contribution < 1.29 is 9.21 Å². The number of para-hydroxylation sites is 2. The van der Waals surface area contributed by atoms with E-state index in [0.717, 1.165) is 37.3 Å². The van der Waals surface area contributed by atoms with Crippen LogP contribution in [0.5, 0.6) is 0 Å². The highest BCUT2D eigenvalue weighted by molar-refractivity contribution is 6.05. The minimum absolute atomic E-state index is 0.0683. The number of rotatable bonds is 4. The van der Waals surface area contributed by atoms with Crippen molar-refractivity contribution in [2.24, 2.45) is 0 Å². The molecule has 1 fully saturated rings. The van der Waals surface area contributed by atoms with Gasteiger partial charge in [-0.25, -0.2) is 0 Å². The minimum Gasteiger partial charge on any atom is -0.463 e. The molecular formula is C21H21N3O3. The molecule has 6 heteroatoms. The number of benzene rings is 1. The molecule has 3 heterocycles. The summed E-state index contributed by atoms with van der Waals surface area (Å²) in [5.74, 6) is 0.126. The molecule has 1 amide bonds. The molecule has 27 heavy (non-hydrogen) atoms. The highest BCUT2D eigenvalue weighted by Gasteiger charge is 2.17. The smallest absolute Gasteiger partial charge is 0.261 e. The molecular weight excluding hydrogens is 342 g/mol. The number of amides is 1.